The molecule has 0 atom stereocenters. The van der Waals surface area contributed by atoms with E-state index in [0.717, 1.165) is 11.3 Å². The first-order valence-electron chi connectivity index (χ1n) is 6.06. The smallest absolute Gasteiger partial charge is 0.423 e. The quantitative estimate of drug-likeness (QED) is 0.782. The fraction of sp³-hybridized carbons (Fsp3) is 0.615. The summed E-state index contributed by atoms with van der Waals surface area (Å²) in [5.41, 5.74) is 0.589. The number of aryl methyl sites for hydroxylation is 2. The molecule has 1 heterocycles. The SMILES string of the molecule is Cc1cc(B(O)OC(C)(C)C(C)(C)O)cnc1C. The van der Waals surface area contributed by atoms with E-state index >= 15 is 0 Å². The molecule has 0 fully saturated rings. The lowest BCUT2D eigenvalue weighted by Gasteiger charge is -2.38. The van der Waals surface area contributed by atoms with Crippen LogP contribution in [0.4, 0.5) is 0 Å². The maximum absolute atomic E-state index is 10.1. The van der Waals surface area contributed by atoms with Gasteiger partial charge in [0, 0.05) is 17.4 Å². The lowest BCUT2D eigenvalue weighted by molar-refractivity contribution is -0.0982. The summed E-state index contributed by atoms with van der Waals surface area (Å²) in [5, 5.41) is 20.0. The maximum Gasteiger partial charge on any atom is 0.493 e. The summed E-state index contributed by atoms with van der Waals surface area (Å²) in [6, 6.07) is 1.84. The largest absolute Gasteiger partial charge is 0.493 e. The monoisotopic (exact) mass is 251 g/mol. The van der Waals surface area contributed by atoms with E-state index in [9.17, 15) is 10.1 Å². The Morgan fingerprint density at radius 3 is 2.22 bits per heavy atom. The number of nitrogens with zero attached hydrogens (tertiary/aromatic N) is 1. The van der Waals surface area contributed by atoms with Crippen molar-refractivity contribution >= 4 is 12.6 Å². The van der Waals surface area contributed by atoms with Crippen LogP contribution >= 0.6 is 0 Å². The van der Waals surface area contributed by atoms with E-state index in [-0.39, 0.29) is 0 Å². The van der Waals surface area contributed by atoms with Crippen LogP contribution in [0.25, 0.3) is 0 Å². The van der Waals surface area contributed by atoms with Crippen LogP contribution in [0.1, 0.15) is 39.0 Å². The number of hydrogen-bond donors (Lipinski definition) is 2. The minimum absolute atomic E-state index is 0.593. The van der Waals surface area contributed by atoms with Crippen LogP contribution in [0.5, 0.6) is 0 Å². The van der Waals surface area contributed by atoms with Gasteiger partial charge < -0.3 is 14.8 Å². The van der Waals surface area contributed by atoms with Gasteiger partial charge in [-0.25, -0.2) is 0 Å². The fourth-order valence-corrected chi connectivity index (χ4v) is 1.29. The molecule has 0 amide bonds. The molecule has 1 aromatic rings. The molecule has 0 aliphatic carbocycles. The first-order valence-corrected chi connectivity index (χ1v) is 6.06. The molecular formula is C13H22BNO3. The van der Waals surface area contributed by atoms with Gasteiger partial charge in [-0.05, 0) is 47.1 Å². The van der Waals surface area contributed by atoms with Crippen molar-refractivity contribution in [2.45, 2.75) is 52.7 Å². The summed E-state index contributed by atoms with van der Waals surface area (Å²) >= 11 is 0. The Hall–Kier alpha value is -0.905. The molecule has 100 valence electrons. The van der Waals surface area contributed by atoms with Crippen molar-refractivity contribution in [3.8, 4) is 0 Å². The zero-order valence-corrected chi connectivity index (χ0v) is 12.0. The first kappa shape index (κ1) is 15.2. The summed E-state index contributed by atoms with van der Waals surface area (Å²) in [6.07, 6.45) is 1.59. The summed E-state index contributed by atoms with van der Waals surface area (Å²) in [6.45, 7) is 10.6. The molecule has 2 N–H and O–H groups in total. The summed E-state index contributed by atoms with van der Waals surface area (Å²) in [5.74, 6) is 0. The van der Waals surface area contributed by atoms with E-state index in [1.165, 1.54) is 0 Å². The molecule has 18 heavy (non-hydrogen) atoms. The average molecular weight is 251 g/mol. The van der Waals surface area contributed by atoms with Crippen LogP contribution in [0.3, 0.4) is 0 Å². The maximum atomic E-state index is 10.1. The van der Waals surface area contributed by atoms with E-state index in [1.54, 1.807) is 33.9 Å². The Labute approximate surface area is 109 Å². The van der Waals surface area contributed by atoms with Crippen LogP contribution in [0, 0.1) is 13.8 Å². The van der Waals surface area contributed by atoms with E-state index in [0.29, 0.717) is 5.46 Å². The normalized spacial score (nSPS) is 12.7. The van der Waals surface area contributed by atoms with Crippen LogP contribution in [-0.2, 0) is 4.65 Å². The number of rotatable bonds is 4. The third-order valence-corrected chi connectivity index (χ3v) is 3.53. The van der Waals surface area contributed by atoms with E-state index < -0.39 is 18.3 Å². The molecule has 0 aliphatic rings. The minimum atomic E-state index is -1.10. The Balaban J connectivity index is 2.89. The molecule has 0 spiro atoms. The molecule has 0 saturated heterocycles. The Morgan fingerprint density at radius 1 is 1.22 bits per heavy atom. The van der Waals surface area contributed by atoms with Crippen LogP contribution in [-0.4, -0.2) is 33.4 Å². The van der Waals surface area contributed by atoms with Gasteiger partial charge in [-0.1, -0.05) is 6.07 Å². The zero-order chi connectivity index (χ0) is 14.1. The highest BCUT2D eigenvalue weighted by Crippen LogP contribution is 2.25. The molecular weight excluding hydrogens is 229 g/mol. The van der Waals surface area contributed by atoms with Crippen molar-refractivity contribution in [2.24, 2.45) is 0 Å². The molecule has 0 aliphatic heterocycles. The van der Waals surface area contributed by atoms with Gasteiger partial charge in [-0.15, -0.1) is 0 Å². The lowest BCUT2D eigenvalue weighted by Crippen LogP contribution is -2.53. The van der Waals surface area contributed by atoms with Gasteiger partial charge in [0.2, 0.25) is 0 Å². The van der Waals surface area contributed by atoms with Gasteiger partial charge in [-0.2, -0.15) is 0 Å². The Bertz CT molecular complexity index is 427. The van der Waals surface area contributed by atoms with Gasteiger partial charge >= 0.3 is 7.12 Å². The summed E-state index contributed by atoms with van der Waals surface area (Å²) in [7, 11) is -1.10. The molecule has 0 bridgehead atoms. The summed E-state index contributed by atoms with van der Waals surface area (Å²) in [4.78, 5) is 4.19. The predicted molar refractivity (Wildman–Crippen MR) is 72.8 cm³/mol. The van der Waals surface area contributed by atoms with Crippen molar-refractivity contribution in [3.63, 3.8) is 0 Å². The van der Waals surface area contributed by atoms with Crippen LogP contribution < -0.4 is 5.46 Å². The lowest BCUT2D eigenvalue weighted by atomic mass is 9.77. The zero-order valence-electron chi connectivity index (χ0n) is 12.0. The van der Waals surface area contributed by atoms with Gasteiger partial charge in [0.05, 0.1) is 11.2 Å². The minimum Gasteiger partial charge on any atom is -0.423 e. The van der Waals surface area contributed by atoms with Crippen molar-refractivity contribution in [3.05, 3.63) is 23.5 Å². The van der Waals surface area contributed by atoms with Crippen molar-refractivity contribution < 1.29 is 14.8 Å². The van der Waals surface area contributed by atoms with Gasteiger partial charge in [-0.3, -0.25) is 4.98 Å². The molecule has 1 aromatic heterocycles. The molecule has 0 unspecified atom stereocenters. The van der Waals surface area contributed by atoms with Crippen molar-refractivity contribution in [1.82, 2.24) is 4.98 Å². The molecule has 5 heteroatoms. The van der Waals surface area contributed by atoms with Gasteiger partial charge in [0.15, 0.2) is 0 Å². The molecule has 4 nitrogen and oxygen atoms in total. The second-order valence-electron chi connectivity index (χ2n) is 5.71. The molecule has 0 aromatic carbocycles. The topological polar surface area (TPSA) is 62.6 Å². The summed E-state index contributed by atoms with van der Waals surface area (Å²) < 4.78 is 5.55. The van der Waals surface area contributed by atoms with E-state index in [1.807, 2.05) is 19.9 Å². The molecule has 0 saturated carbocycles. The highest BCUT2D eigenvalue weighted by Gasteiger charge is 2.39. The number of aliphatic hydroxyl groups is 1. The highest BCUT2D eigenvalue weighted by atomic mass is 16.5. The second kappa shape index (κ2) is 5.00. The van der Waals surface area contributed by atoms with Crippen molar-refractivity contribution in [2.75, 3.05) is 0 Å². The van der Waals surface area contributed by atoms with E-state index in [4.69, 9.17) is 4.65 Å². The van der Waals surface area contributed by atoms with Crippen molar-refractivity contribution in [1.29, 1.82) is 0 Å². The third kappa shape index (κ3) is 3.31. The van der Waals surface area contributed by atoms with Gasteiger partial charge in [0.25, 0.3) is 0 Å². The van der Waals surface area contributed by atoms with Crippen LogP contribution in [0.2, 0.25) is 0 Å². The van der Waals surface area contributed by atoms with E-state index in [2.05, 4.69) is 4.98 Å². The molecule has 0 radical (unpaired) electrons. The van der Waals surface area contributed by atoms with Gasteiger partial charge in [0.1, 0.15) is 0 Å². The second-order valence-corrected chi connectivity index (χ2v) is 5.71. The fourth-order valence-electron chi connectivity index (χ4n) is 1.29. The standard InChI is InChI=1S/C13H22BNO3/c1-9-7-11(8-15-10(9)2)14(17)18-13(5,6)12(3,4)16/h7-8,16-17H,1-6H3. The highest BCUT2D eigenvalue weighted by molar-refractivity contribution is 6.60. The number of hydrogen-bond acceptors (Lipinski definition) is 4. The number of pyridine rings is 1. The first-order chi connectivity index (χ1) is 8.04. The predicted octanol–water partition coefficient (Wildman–Crippen LogP) is 0.952. The van der Waals surface area contributed by atoms with Crippen LogP contribution in [0.15, 0.2) is 12.3 Å². The Kier molecular flexibility index (Phi) is 4.21. The number of aromatic nitrogens is 1. The third-order valence-electron chi connectivity index (χ3n) is 3.53. The average Bonchev–Trinajstić information content (AvgIpc) is 2.19. The molecule has 1 rings (SSSR count). The Morgan fingerprint density at radius 2 is 1.78 bits per heavy atom.